The van der Waals surface area contributed by atoms with E-state index >= 15 is 0 Å². The molecule has 1 aliphatic carbocycles. The molecular formula is C16H25NO3S. The van der Waals surface area contributed by atoms with Gasteiger partial charge in [0.1, 0.15) is 10.6 Å². The maximum Gasteiger partial charge on any atom is 0.179 e. The second-order valence-corrected chi connectivity index (χ2v) is 8.16. The van der Waals surface area contributed by atoms with Crippen LogP contribution in [0.2, 0.25) is 0 Å². The molecule has 1 fully saturated rings. The summed E-state index contributed by atoms with van der Waals surface area (Å²) in [5, 5.41) is 3.38. The third kappa shape index (κ3) is 2.69. The molecule has 3 unspecified atom stereocenters. The number of benzene rings is 1. The Labute approximate surface area is 127 Å². The van der Waals surface area contributed by atoms with Gasteiger partial charge >= 0.3 is 0 Å². The fraction of sp³-hybridized carbons (Fsp3) is 0.625. The second kappa shape index (κ2) is 5.61. The number of ether oxygens (including phenoxy) is 1. The van der Waals surface area contributed by atoms with Gasteiger partial charge in [-0.25, -0.2) is 8.42 Å². The van der Waals surface area contributed by atoms with E-state index in [1.165, 1.54) is 13.4 Å². The van der Waals surface area contributed by atoms with Gasteiger partial charge in [0, 0.05) is 12.3 Å². The number of hydrogen-bond donors (Lipinski definition) is 1. The first kappa shape index (κ1) is 16.3. The van der Waals surface area contributed by atoms with Crippen LogP contribution in [0.15, 0.2) is 23.1 Å². The summed E-state index contributed by atoms with van der Waals surface area (Å²) >= 11 is 0. The van der Waals surface area contributed by atoms with Gasteiger partial charge in [0.15, 0.2) is 9.84 Å². The van der Waals surface area contributed by atoms with Crippen LogP contribution in [0.5, 0.6) is 5.75 Å². The molecule has 1 aromatic carbocycles. The Balaban J connectivity index is 2.39. The SMILES string of the molecule is CCC1(C)C(NC)CC1c1ccc(S(C)(=O)=O)c(OC)c1. The van der Waals surface area contributed by atoms with Crippen molar-refractivity contribution in [2.45, 2.75) is 43.5 Å². The lowest BCUT2D eigenvalue weighted by Crippen LogP contribution is -2.55. The van der Waals surface area contributed by atoms with Crippen LogP contribution in [0.3, 0.4) is 0 Å². The van der Waals surface area contributed by atoms with Crippen molar-refractivity contribution in [2.24, 2.45) is 5.41 Å². The van der Waals surface area contributed by atoms with Crippen molar-refractivity contribution in [3.63, 3.8) is 0 Å². The summed E-state index contributed by atoms with van der Waals surface area (Å²) in [4.78, 5) is 0.261. The van der Waals surface area contributed by atoms with Crippen LogP contribution in [0, 0.1) is 5.41 Å². The lowest BCUT2D eigenvalue weighted by atomic mass is 9.54. The van der Waals surface area contributed by atoms with Crippen LogP contribution < -0.4 is 10.1 Å². The fourth-order valence-electron chi connectivity index (χ4n) is 3.52. The quantitative estimate of drug-likeness (QED) is 0.908. The van der Waals surface area contributed by atoms with Gasteiger partial charge in [-0.15, -0.1) is 0 Å². The topological polar surface area (TPSA) is 55.4 Å². The molecule has 1 aromatic rings. The van der Waals surface area contributed by atoms with E-state index < -0.39 is 9.84 Å². The van der Waals surface area contributed by atoms with Crippen molar-refractivity contribution in [2.75, 3.05) is 20.4 Å². The predicted octanol–water partition coefficient (Wildman–Crippen LogP) is 2.59. The van der Waals surface area contributed by atoms with Gasteiger partial charge in [-0.05, 0) is 48.9 Å². The van der Waals surface area contributed by atoms with E-state index in [1.807, 2.05) is 19.2 Å². The molecule has 0 aliphatic heterocycles. The molecule has 3 atom stereocenters. The highest BCUT2D eigenvalue weighted by atomic mass is 32.2. The first-order valence-electron chi connectivity index (χ1n) is 7.33. The molecule has 0 radical (unpaired) electrons. The van der Waals surface area contributed by atoms with Crippen molar-refractivity contribution < 1.29 is 13.2 Å². The van der Waals surface area contributed by atoms with Crippen LogP contribution in [0.4, 0.5) is 0 Å². The molecule has 4 nitrogen and oxygen atoms in total. The standard InChI is InChI=1S/C16H25NO3S/c1-6-16(2)12(10-15(16)17-3)11-7-8-14(21(5,18)19)13(9-11)20-4/h7-9,12,15,17H,6,10H2,1-5H3. The maximum absolute atomic E-state index is 11.8. The van der Waals surface area contributed by atoms with Gasteiger partial charge in [-0.3, -0.25) is 0 Å². The Kier molecular flexibility index (Phi) is 4.36. The summed E-state index contributed by atoms with van der Waals surface area (Å²) in [5.41, 5.74) is 1.36. The minimum atomic E-state index is -3.26. The Morgan fingerprint density at radius 1 is 1.43 bits per heavy atom. The van der Waals surface area contributed by atoms with E-state index in [1.54, 1.807) is 6.07 Å². The van der Waals surface area contributed by atoms with Crippen molar-refractivity contribution in [1.29, 1.82) is 0 Å². The number of sulfone groups is 1. The fourth-order valence-corrected chi connectivity index (χ4v) is 4.34. The summed E-state index contributed by atoms with van der Waals surface area (Å²) in [6.45, 7) is 4.50. The van der Waals surface area contributed by atoms with Gasteiger partial charge < -0.3 is 10.1 Å². The van der Waals surface area contributed by atoms with Crippen molar-refractivity contribution in [1.82, 2.24) is 5.32 Å². The molecule has 1 aliphatic rings. The molecule has 2 rings (SSSR count). The van der Waals surface area contributed by atoms with Gasteiger partial charge in [-0.1, -0.05) is 19.9 Å². The highest BCUT2D eigenvalue weighted by Gasteiger charge is 2.50. The largest absolute Gasteiger partial charge is 0.495 e. The van der Waals surface area contributed by atoms with Gasteiger partial charge in [-0.2, -0.15) is 0 Å². The highest BCUT2D eigenvalue weighted by molar-refractivity contribution is 7.90. The van der Waals surface area contributed by atoms with Crippen LogP contribution >= 0.6 is 0 Å². The normalized spacial score (nSPS) is 29.0. The number of hydrogen-bond acceptors (Lipinski definition) is 4. The van der Waals surface area contributed by atoms with Crippen LogP contribution in [0.25, 0.3) is 0 Å². The maximum atomic E-state index is 11.8. The average Bonchev–Trinajstić information content (AvgIpc) is 2.44. The van der Waals surface area contributed by atoms with E-state index in [0.717, 1.165) is 18.4 Å². The second-order valence-electron chi connectivity index (χ2n) is 6.17. The van der Waals surface area contributed by atoms with Crippen LogP contribution in [-0.2, 0) is 9.84 Å². The summed E-state index contributed by atoms with van der Waals surface area (Å²) in [6.07, 6.45) is 3.36. The third-order valence-corrected chi connectivity index (χ3v) is 6.30. The van der Waals surface area contributed by atoms with Crippen molar-refractivity contribution in [3.8, 4) is 5.75 Å². The first-order chi connectivity index (χ1) is 9.77. The zero-order chi connectivity index (χ0) is 15.8. The van der Waals surface area contributed by atoms with E-state index in [4.69, 9.17) is 4.74 Å². The Hall–Kier alpha value is -1.07. The third-order valence-electron chi connectivity index (χ3n) is 5.16. The van der Waals surface area contributed by atoms with E-state index in [-0.39, 0.29) is 10.3 Å². The van der Waals surface area contributed by atoms with E-state index in [0.29, 0.717) is 17.7 Å². The average molecular weight is 311 g/mol. The summed E-state index contributed by atoms with van der Waals surface area (Å²) in [6, 6.07) is 6.00. The monoisotopic (exact) mass is 311 g/mol. The Morgan fingerprint density at radius 3 is 2.57 bits per heavy atom. The van der Waals surface area contributed by atoms with Gasteiger partial charge in [0.25, 0.3) is 0 Å². The van der Waals surface area contributed by atoms with E-state index in [9.17, 15) is 8.42 Å². The molecule has 0 spiro atoms. The minimum absolute atomic E-state index is 0.201. The lowest BCUT2D eigenvalue weighted by Gasteiger charge is -2.54. The molecule has 0 amide bonds. The number of methoxy groups -OCH3 is 1. The molecule has 118 valence electrons. The molecule has 0 aromatic heterocycles. The molecule has 5 heteroatoms. The molecule has 1 N–H and O–H groups in total. The van der Waals surface area contributed by atoms with Crippen molar-refractivity contribution >= 4 is 9.84 Å². The Morgan fingerprint density at radius 2 is 2.10 bits per heavy atom. The predicted molar refractivity (Wildman–Crippen MR) is 84.7 cm³/mol. The molecule has 0 bridgehead atoms. The van der Waals surface area contributed by atoms with Crippen molar-refractivity contribution in [3.05, 3.63) is 23.8 Å². The molecule has 0 heterocycles. The lowest BCUT2D eigenvalue weighted by molar-refractivity contribution is 0.0493. The van der Waals surface area contributed by atoms with Crippen LogP contribution in [0.1, 0.15) is 38.2 Å². The molecule has 0 saturated heterocycles. The molecule has 1 saturated carbocycles. The summed E-state index contributed by atoms with van der Waals surface area (Å²) < 4.78 is 28.8. The molecular weight excluding hydrogens is 286 g/mol. The van der Waals surface area contributed by atoms with Gasteiger partial charge in [0.2, 0.25) is 0 Å². The first-order valence-corrected chi connectivity index (χ1v) is 9.22. The Bertz CT molecular complexity index is 626. The number of rotatable bonds is 5. The zero-order valence-corrected chi connectivity index (χ0v) is 14.3. The molecule has 21 heavy (non-hydrogen) atoms. The highest BCUT2D eigenvalue weighted by Crippen LogP contribution is 2.55. The smallest absolute Gasteiger partial charge is 0.179 e. The van der Waals surface area contributed by atoms with Gasteiger partial charge in [0.05, 0.1) is 7.11 Å². The minimum Gasteiger partial charge on any atom is -0.495 e. The summed E-state index contributed by atoms with van der Waals surface area (Å²) in [5.74, 6) is 0.879. The van der Waals surface area contributed by atoms with E-state index in [2.05, 4.69) is 19.2 Å². The summed E-state index contributed by atoms with van der Waals surface area (Å²) in [7, 11) is 0.256. The zero-order valence-electron chi connectivity index (χ0n) is 13.4. The number of nitrogens with one attached hydrogen (secondary N) is 1. The van der Waals surface area contributed by atoms with Crippen LogP contribution in [-0.4, -0.2) is 34.9 Å².